The Balaban J connectivity index is 1.39. The van der Waals surface area contributed by atoms with Crippen LogP contribution in [0.2, 0.25) is 0 Å². The molecule has 0 aliphatic carbocycles. The van der Waals surface area contributed by atoms with Crippen LogP contribution in [0.5, 0.6) is 11.5 Å². The SMILES string of the molecule is O=C(Nc1ccc(Oc2ccncc2)cc1)c1ccc(S(=O)(=O)N2CCCCCC2)cc1. The van der Waals surface area contributed by atoms with Crippen molar-refractivity contribution < 1.29 is 17.9 Å². The second-order valence-electron chi connectivity index (χ2n) is 7.61. The van der Waals surface area contributed by atoms with Gasteiger partial charge in [-0.15, -0.1) is 0 Å². The topological polar surface area (TPSA) is 88.6 Å². The number of nitrogens with zero attached hydrogens (tertiary/aromatic N) is 2. The fraction of sp³-hybridized carbons (Fsp3) is 0.250. The van der Waals surface area contributed by atoms with Gasteiger partial charge >= 0.3 is 0 Å². The highest BCUT2D eigenvalue weighted by Crippen LogP contribution is 2.23. The zero-order valence-corrected chi connectivity index (χ0v) is 18.4. The number of pyridine rings is 1. The average Bonchev–Trinajstić information content (AvgIpc) is 3.11. The smallest absolute Gasteiger partial charge is 0.255 e. The van der Waals surface area contributed by atoms with Gasteiger partial charge < -0.3 is 10.1 Å². The predicted octanol–water partition coefficient (Wildman–Crippen LogP) is 4.69. The van der Waals surface area contributed by atoms with Crippen molar-refractivity contribution in [1.82, 2.24) is 9.29 Å². The van der Waals surface area contributed by atoms with Crippen molar-refractivity contribution in [3.8, 4) is 11.5 Å². The molecule has 2 aromatic carbocycles. The van der Waals surface area contributed by atoms with Crippen LogP contribution in [0, 0.1) is 0 Å². The summed E-state index contributed by atoms with van der Waals surface area (Å²) < 4.78 is 33.0. The Labute approximate surface area is 188 Å². The fourth-order valence-corrected chi connectivity index (χ4v) is 5.08. The summed E-state index contributed by atoms with van der Waals surface area (Å²) in [7, 11) is -3.53. The van der Waals surface area contributed by atoms with Crippen LogP contribution < -0.4 is 10.1 Å². The van der Waals surface area contributed by atoms with E-state index >= 15 is 0 Å². The van der Waals surface area contributed by atoms with E-state index in [-0.39, 0.29) is 10.8 Å². The monoisotopic (exact) mass is 451 g/mol. The standard InChI is InChI=1S/C24H25N3O4S/c28-24(26-20-7-9-21(10-8-20)31-22-13-15-25-16-14-22)19-5-11-23(12-6-19)32(29,30)27-17-3-1-2-4-18-27/h5-16H,1-4,17-18H2,(H,26,28). The first-order valence-corrected chi connectivity index (χ1v) is 12.1. The first-order valence-electron chi connectivity index (χ1n) is 10.6. The number of hydrogen-bond acceptors (Lipinski definition) is 5. The van der Waals surface area contributed by atoms with Gasteiger partial charge in [-0.3, -0.25) is 9.78 Å². The van der Waals surface area contributed by atoms with Crippen LogP contribution in [0.25, 0.3) is 0 Å². The molecule has 2 heterocycles. The molecule has 0 atom stereocenters. The molecule has 1 fully saturated rings. The van der Waals surface area contributed by atoms with E-state index in [2.05, 4.69) is 10.3 Å². The van der Waals surface area contributed by atoms with Crippen LogP contribution in [-0.4, -0.2) is 36.7 Å². The molecule has 0 unspecified atom stereocenters. The largest absolute Gasteiger partial charge is 0.457 e. The van der Waals surface area contributed by atoms with Gasteiger partial charge in [-0.1, -0.05) is 12.8 Å². The Morgan fingerprint density at radius 2 is 1.41 bits per heavy atom. The van der Waals surface area contributed by atoms with Crippen LogP contribution in [0.15, 0.2) is 78.0 Å². The number of ether oxygens (including phenoxy) is 1. The van der Waals surface area contributed by atoms with Crippen molar-refractivity contribution in [1.29, 1.82) is 0 Å². The van der Waals surface area contributed by atoms with Gasteiger partial charge in [0.15, 0.2) is 0 Å². The summed E-state index contributed by atoms with van der Waals surface area (Å²) >= 11 is 0. The number of anilines is 1. The number of amides is 1. The molecule has 3 aromatic rings. The third-order valence-corrected chi connectivity index (χ3v) is 7.23. The third-order valence-electron chi connectivity index (χ3n) is 5.32. The number of carbonyl (C=O) groups is 1. The molecule has 7 nitrogen and oxygen atoms in total. The molecule has 0 spiro atoms. The molecule has 0 radical (unpaired) electrons. The molecule has 1 aliphatic heterocycles. The Kier molecular flexibility index (Phi) is 6.82. The lowest BCUT2D eigenvalue weighted by atomic mass is 10.2. The van der Waals surface area contributed by atoms with Crippen molar-refractivity contribution in [2.24, 2.45) is 0 Å². The molecule has 8 heteroatoms. The van der Waals surface area contributed by atoms with Crippen molar-refractivity contribution in [3.63, 3.8) is 0 Å². The molecule has 1 aliphatic rings. The number of benzene rings is 2. The molecule has 1 amide bonds. The maximum absolute atomic E-state index is 12.9. The van der Waals surface area contributed by atoms with Crippen LogP contribution in [0.1, 0.15) is 36.0 Å². The van der Waals surface area contributed by atoms with Crippen LogP contribution in [-0.2, 0) is 10.0 Å². The van der Waals surface area contributed by atoms with Crippen molar-refractivity contribution in [3.05, 3.63) is 78.6 Å². The normalized spacial score (nSPS) is 15.0. The maximum atomic E-state index is 12.9. The van der Waals surface area contributed by atoms with E-state index in [9.17, 15) is 13.2 Å². The van der Waals surface area contributed by atoms with E-state index in [0.29, 0.717) is 35.8 Å². The Hall–Kier alpha value is -3.23. The second kappa shape index (κ2) is 9.93. The highest BCUT2D eigenvalue weighted by molar-refractivity contribution is 7.89. The van der Waals surface area contributed by atoms with Gasteiger partial charge in [0.1, 0.15) is 11.5 Å². The summed E-state index contributed by atoms with van der Waals surface area (Å²) in [6, 6.07) is 16.6. The van der Waals surface area contributed by atoms with Gasteiger partial charge in [0.05, 0.1) is 4.90 Å². The molecule has 4 rings (SSSR count). The van der Waals surface area contributed by atoms with E-state index in [1.165, 1.54) is 12.1 Å². The van der Waals surface area contributed by atoms with Crippen molar-refractivity contribution >= 4 is 21.6 Å². The van der Waals surface area contributed by atoms with Gasteiger partial charge in [0.2, 0.25) is 10.0 Å². The lowest BCUT2D eigenvalue weighted by Gasteiger charge is -2.20. The van der Waals surface area contributed by atoms with Crippen LogP contribution >= 0.6 is 0 Å². The summed E-state index contributed by atoms with van der Waals surface area (Å²) in [6.07, 6.45) is 7.17. The number of sulfonamides is 1. The number of aromatic nitrogens is 1. The van der Waals surface area contributed by atoms with Crippen LogP contribution in [0.3, 0.4) is 0 Å². The Morgan fingerprint density at radius 1 is 0.812 bits per heavy atom. The minimum atomic E-state index is -3.53. The molecular formula is C24H25N3O4S. The number of nitrogens with one attached hydrogen (secondary N) is 1. The molecule has 32 heavy (non-hydrogen) atoms. The molecule has 1 aromatic heterocycles. The minimum Gasteiger partial charge on any atom is -0.457 e. The zero-order chi connectivity index (χ0) is 22.4. The molecule has 166 valence electrons. The molecule has 1 saturated heterocycles. The van der Waals surface area contributed by atoms with Crippen molar-refractivity contribution in [2.45, 2.75) is 30.6 Å². The van der Waals surface area contributed by atoms with E-state index in [0.717, 1.165) is 25.7 Å². The van der Waals surface area contributed by atoms with Gasteiger partial charge in [-0.25, -0.2) is 8.42 Å². The maximum Gasteiger partial charge on any atom is 0.255 e. The Morgan fingerprint density at radius 3 is 2.03 bits per heavy atom. The average molecular weight is 452 g/mol. The van der Waals surface area contributed by atoms with E-state index in [4.69, 9.17) is 4.74 Å². The van der Waals surface area contributed by atoms with E-state index in [1.54, 1.807) is 65.2 Å². The third kappa shape index (κ3) is 5.33. The zero-order valence-electron chi connectivity index (χ0n) is 17.6. The summed E-state index contributed by atoms with van der Waals surface area (Å²) in [5, 5.41) is 2.81. The Bertz CT molecular complexity index is 1140. The summed E-state index contributed by atoms with van der Waals surface area (Å²) in [6.45, 7) is 1.09. The highest BCUT2D eigenvalue weighted by Gasteiger charge is 2.25. The molecule has 0 saturated carbocycles. The highest BCUT2D eigenvalue weighted by atomic mass is 32.2. The molecule has 0 bridgehead atoms. The lowest BCUT2D eigenvalue weighted by Crippen LogP contribution is -2.31. The summed E-state index contributed by atoms with van der Waals surface area (Å²) in [5.41, 5.74) is 0.996. The van der Waals surface area contributed by atoms with Gasteiger partial charge in [0.25, 0.3) is 5.91 Å². The second-order valence-corrected chi connectivity index (χ2v) is 9.54. The first kappa shape index (κ1) is 22.0. The van der Waals surface area contributed by atoms with Crippen molar-refractivity contribution in [2.75, 3.05) is 18.4 Å². The lowest BCUT2D eigenvalue weighted by molar-refractivity contribution is 0.102. The molecular weight excluding hydrogens is 426 g/mol. The fourth-order valence-electron chi connectivity index (χ4n) is 3.56. The number of rotatable bonds is 6. The van der Waals surface area contributed by atoms with Crippen LogP contribution in [0.4, 0.5) is 5.69 Å². The number of carbonyl (C=O) groups excluding carboxylic acids is 1. The number of hydrogen-bond donors (Lipinski definition) is 1. The first-order chi connectivity index (χ1) is 15.5. The van der Waals surface area contributed by atoms with E-state index in [1.807, 2.05) is 0 Å². The van der Waals surface area contributed by atoms with Gasteiger partial charge in [0, 0.05) is 36.7 Å². The van der Waals surface area contributed by atoms with Gasteiger partial charge in [-0.2, -0.15) is 4.31 Å². The van der Waals surface area contributed by atoms with E-state index < -0.39 is 10.0 Å². The summed E-state index contributed by atoms with van der Waals surface area (Å²) in [4.78, 5) is 16.8. The quantitative estimate of drug-likeness (QED) is 0.587. The summed E-state index contributed by atoms with van der Waals surface area (Å²) in [5.74, 6) is 0.996. The van der Waals surface area contributed by atoms with Gasteiger partial charge in [-0.05, 0) is 73.5 Å². The molecule has 1 N–H and O–H groups in total. The minimum absolute atomic E-state index is 0.216. The predicted molar refractivity (Wildman–Crippen MR) is 122 cm³/mol.